The van der Waals surface area contributed by atoms with Gasteiger partial charge in [-0.25, -0.2) is 8.42 Å². The number of rotatable bonds is 1. The van der Waals surface area contributed by atoms with Crippen molar-refractivity contribution in [2.24, 2.45) is 0 Å². The average molecular weight is 258 g/mol. The number of benzene rings is 2. The first kappa shape index (κ1) is 11.2. The molecule has 0 N–H and O–H groups in total. The fourth-order valence-corrected chi connectivity index (χ4v) is 4.09. The van der Waals surface area contributed by atoms with Gasteiger partial charge in [0.15, 0.2) is 9.84 Å². The summed E-state index contributed by atoms with van der Waals surface area (Å²) in [7, 11) is -3.61. The molecule has 1 aliphatic heterocycles. The lowest BCUT2D eigenvalue weighted by Gasteiger charge is -2.24. The number of carbonyl (C=O) groups is 1. The summed E-state index contributed by atoms with van der Waals surface area (Å²) in [6.45, 7) is 0. The van der Waals surface area contributed by atoms with E-state index < -0.39 is 15.1 Å². The van der Waals surface area contributed by atoms with Gasteiger partial charge < -0.3 is 4.79 Å². The third kappa shape index (κ3) is 1.36. The molecule has 4 heteroatoms. The smallest absolute Gasteiger partial charge is 0.192 e. The van der Waals surface area contributed by atoms with E-state index in [0.717, 1.165) is 5.56 Å². The second-order valence-electron chi connectivity index (χ2n) is 4.19. The quantitative estimate of drug-likeness (QED) is 0.738. The lowest BCUT2D eigenvalue weighted by Crippen LogP contribution is -2.20. The summed E-state index contributed by atoms with van der Waals surface area (Å²) in [5.74, 6) is 0. The lowest BCUT2D eigenvalue weighted by atomic mass is 9.97. The van der Waals surface area contributed by atoms with E-state index in [1.54, 1.807) is 36.4 Å². The number of carbonyl (C=O) groups excluding carboxylic acids is 1. The minimum absolute atomic E-state index is 0.237. The Bertz CT molecular complexity index is 732. The Hall–Kier alpha value is -1.94. The predicted molar refractivity (Wildman–Crippen MR) is 67.9 cm³/mol. The first-order valence-corrected chi connectivity index (χ1v) is 7.08. The molecule has 2 aromatic carbocycles. The maximum atomic E-state index is 12.4. The first-order valence-electron chi connectivity index (χ1n) is 5.54. The van der Waals surface area contributed by atoms with Gasteiger partial charge in [-0.2, -0.15) is 0 Å². The summed E-state index contributed by atoms with van der Waals surface area (Å²) < 4.78 is 24.7. The van der Waals surface area contributed by atoms with E-state index in [1.165, 1.54) is 0 Å². The van der Waals surface area contributed by atoms with Gasteiger partial charge in [0.05, 0.1) is 4.90 Å². The molecule has 1 heterocycles. The first-order chi connectivity index (χ1) is 8.66. The van der Waals surface area contributed by atoms with Crippen LogP contribution in [0.1, 0.15) is 10.8 Å². The molecular weight excluding hydrogens is 248 g/mol. The molecule has 1 unspecified atom stereocenters. The van der Waals surface area contributed by atoms with E-state index in [9.17, 15) is 13.2 Å². The van der Waals surface area contributed by atoms with Crippen molar-refractivity contribution in [1.29, 1.82) is 0 Å². The maximum absolute atomic E-state index is 12.4. The highest BCUT2D eigenvalue weighted by Gasteiger charge is 2.36. The Labute approximate surface area is 105 Å². The molecule has 0 saturated carbocycles. The molecule has 3 nitrogen and oxygen atoms in total. The molecule has 0 radical (unpaired) electrons. The van der Waals surface area contributed by atoms with Gasteiger partial charge in [0.1, 0.15) is 11.5 Å². The monoisotopic (exact) mass is 258 g/mol. The van der Waals surface area contributed by atoms with Gasteiger partial charge in [-0.3, -0.25) is 0 Å². The molecule has 1 aliphatic rings. The number of hydrogen-bond donors (Lipinski definition) is 0. The summed E-state index contributed by atoms with van der Waals surface area (Å²) in [4.78, 5) is 11.4. The molecule has 0 fully saturated rings. The molecule has 0 amide bonds. The highest BCUT2D eigenvalue weighted by Crippen LogP contribution is 2.43. The van der Waals surface area contributed by atoms with Gasteiger partial charge in [-0.05, 0) is 17.2 Å². The van der Waals surface area contributed by atoms with Crippen molar-refractivity contribution in [3.63, 3.8) is 0 Å². The van der Waals surface area contributed by atoms with Crippen LogP contribution in [0.15, 0.2) is 53.4 Å². The molecule has 0 bridgehead atoms. The van der Waals surface area contributed by atoms with Crippen LogP contribution in [-0.4, -0.2) is 14.7 Å². The number of aldehydes is 1. The van der Waals surface area contributed by atoms with Crippen LogP contribution in [0, 0.1) is 0 Å². The van der Waals surface area contributed by atoms with Crippen LogP contribution in [-0.2, 0) is 14.6 Å². The fraction of sp³-hybridized carbons (Fsp3) is 0.0714. The van der Waals surface area contributed by atoms with Crippen LogP contribution in [0.25, 0.3) is 11.1 Å². The van der Waals surface area contributed by atoms with E-state index in [1.807, 2.05) is 12.1 Å². The van der Waals surface area contributed by atoms with Gasteiger partial charge >= 0.3 is 0 Å². The van der Waals surface area contributed by atoms with Crippen molar-refractivity contribution >= 4 is 16.1 Å². The second-order valence-corrected chi connectivity index (χ2v) is 6.22. The van der Waals surface area contributed by atoms with Gasteiger partial charge in [0.2, 0.25) is 0 Å². The standard InChI is InChI=1S/C14H10O3S/c15-9-14-12-7-2-1-5-10(12)11-6-3-4-8-13(11)18(14,16)17/h1-9,14H. The highest BCUT2D eigenvalue weighted by atomic mass is 32.2. The second kappa shape index (κ2) is 3.78. The minimum Gasteiger partial charge on any atom is -0.302 e. The van der Waals surface area contributed by atoms with Gasteiger partial charge in [0.25, 0.3) is 0 Å². The SMILES string of the molecule is O=CC1c2ccccc2-c2ccccc2S1(=O)=O. The van der Waals surface area contributed by atoms with E-state index in [2.05, 4.69) is 0 Å². The molecule has 0 spiro atoms. The zero-order valence-electron chi connectivity index (χ0n) is 9.41. The summed E-state index contributed by atoms with van der Waals surface area (Å²) >= 11 is 0. The van der Waals surface area contributed by atoms with Crippen molar-refractivity contribution in [3.8, 4) is 11.1 Å². The lowest BCUT2D eigenvalue weighted by molar-refractivity contribution is -0.107. The maximum Gasteiger partial charge on any atom is 0.192 e. The van der Waals surface area contributed by atoms with Gasteiger partial charge in [0, 0.05) is 5.56 Å². The molecule has 0 aromatic heterocycles. The average Bonchev–Trinajstić information content (AvgIpc) is 2.39. The van der Waals surface area contributed by atoms with E-state index in [0.29, 0.717) is 17.4 Å². The Morgan fingerprint density at radius 3 is 2.22 bits per heavy atom. The number of fused-ring (bicyclic) bond motifs is 3. The Morgan fingerprint density at radius 2 is 1.50 bits per heavy atom. The molecule has 0 aliphatic carbocycles. The predicted octanol–water partition coefficient (Wildman–Crippen LogP) is 2.38. The summed E-state index contributed by atoms with van der Waals surface area (Å²) in [6.07, 6.45) is 0.504. The van der Waals surface area contributed by atoms with Crippen molar-refractivity contribution in [2.45, 2.75) is 10.1 Å². The molecule has 0 saturated heterocycles. The zero-order chi connectivity index (χ0) is 12.8. The van der Waals surface area contributed by atoms with Crippen molar-refractivity contribution in [1.82, 2.24) is 0 Å². The fourth-order valence-electron chi connectivity index (χ4n) is 2.38. The molecule has 90 valence electrons. The van der Waals surface area contributed by atoms with Crippen molar-refractivity contribution < 1.29 is 13.2 Å². The molecule has 18 heavy (non-hydrogen) atoms. The van der Waals surface area contributed by atoms with Crippen LogP contribution >= 0.6 is 0 Å². The van der Waals surface area contributed by atoms with Crippen LogP contribution in [0.3, 0.4) is 0 Å². The zero-order valence-corrected chi connectivity index (χ0v) is 10.2. The van der Waals surface area contributed by atoms with Crippen LogP contribution in [0.5, 0.6) is 0 Å². The largest absolute Gasteiger partial charge is 0.302 e. The van der Waals surface area contributed by atoms with Crippen molar-refractivity contribution in [2.75, 3.05) is 0 Å². The van der Waals surface area contributed by atoms with E-state index in [-0.39, 0.29) is 4.90 Å². The summed E-state index contributed by atoms with van der Waals surface area (Å²) in [6, 6.07) is 13.9. The van der Waals surface area contributed by atoms with E-state index in [4.69, 9.17) is 0 Å². The van der Waals surface area contributed by atoms with Gasteiger partial charge in [-0.1, -0.05) is 42.5 Å². The third-order valence-corrected chi connectivity index (χ3v) is 5.21. The van der Waals surface area contributed by atoms with Gasteiger partial charge in [-0.15, -0.1) is 0 Å². The van der Waals surface area contributed by atoms with E-state index >= 15 is 0 Å². The van der Waals surface area contributed by atoms with Crippen LogP contribution in [0.4, 0.5) is 0 Å². The summed E-state index contributed by atoms with van der Waals surface area (Å²) in [5.41, 5.74) is 2.05. The molecule has 3 rings (SSSR count). The highest BCUT2D eigenvalue weighted by molar-refractivity contribution is 7.92. The Balaban J connectivity index is 2.46. The number of sulfone groups is 1. The third-order valence-electron chi connectivity index (χ3n) is 3.21. The normalized spacial score (nSPS) is 19.7. The number of hydrogen-bond acceptors (Lipinski definition) is 3. The Kier molecular flexibility index (Phi) is 2.35. The molecular formula is C14H10O3S. The topological polar surface area (TPSA) is 51.2 Å². The molecule has 1 atom stereocenters. The molecule has 2 aromatic rings. The Morgan fingerprint density at radius 1 is 0.889 bits per heavy atom. The van der Waals surface area contributed by atoms with Crippen LogP contribution in [0.2, 0.25) is 0 Å². The van der Waals surface area contributed by atoms with Crippen LogP contribution < -0.4 is 0 Å². The minimum atomic E-state index is -3.61. The van der Waals surface area contributed by atoms with Crippen molar-refractivity contribution in [3.05, 3.63) is 54.1 Å². The summed E-state index contributed by atoms with van der Waals surface area (Å²) in [5, 5.41) is -1.09.